The highest BCUT2D eigenvalue weighted by atomic mass is 19.1. The van der Waals surface area contributed by atoms with Crippen molar-refractivity contribution in [3.05, 3.63) is 30.2 Å². The van der Waals surface area contributed by atoms with E-state index in [1.54, 1.807) is 6.07 Å². The van der Waals surface area contributed by atoms with E-state index in [1.807, 2.05) is 0 Å². The van der Waals surface area contributed by atoms with Crippen LogP contribution in [0, 0.1) is 5.82 Å². The molecule has 15 heavy (non-hydrogen) atoms. The van der Waals surface area contributed by atoms with Gasteiger partial charge in [-0.05, 0) is 32.2 Å². The predicted molar refractivity (Wildman–Crippen MR) is 58.2 cm³/mol. The molecule has 0 aliphatic heterocycles. The number of nitrogens with zero attached hydrogens (tertiary/aromatic N) is 3. The Morgan fingerprint density at radius 3 is 3.20 bits per heavy atom. The Kier molecular flexibility index (Phi) is 1.35. The lowest BCUT2D eigenvalue weighted by Crippen LogP contribution is -2.18. The van der Waals surface area contributed by atoms with Gasteiger partial charge in [-0.3, -0.25) is 4.68 Å². The first kappa shape index (κ1) is 5.07. The Balaban J connectivity index is 2.22. The monoisotopic (exact) mass is 213 g/mol. The molecule has 0 bridgehead atoms. The third-order valence-corrected chi connectivity index (χ3v) is 2.14. The van der Waals surface area contributed by atoms with Gasteiger partial charge in [0.2, 0.25) is 0 Å². The van der Waals surface area contributed by atoms with Crippen molar-refractivity contribution >= 4 is 10.9 Å². The van der Waals surface area contributed by atoms with Gasteiger partial charge in [-0.2, -0.15) is 5.10 Å². The number of fused-ring (bicyclic) bond motifs is 1. The summed E-state index contributed by atoms with van der Waals surface area (Å²) >= 11 is 0. The molecule has 3 nitrogen and oxygen atoms in total. The molecule has 0 saturated heterocycles. The molecule has 0 unspecified atom stereocenters. The van der Waals surface area contributed by atoms with Gasteiger partial charge in [0.1, 0.15) is 5.82 Å². The van der Waals surface area contributed by atoms with Crippen LogP contribution in [0.2, 0.25) is 0 Å². The second-order valence-corrected chi connectivity index (χ2v) is 3.22. The Labute approximate surface area is 96.5 Å². The molecule has 1 aromatic heterocycles. The molecule has 4 heteroatoms. The second kappa shape index (κ2) is 3.98. The van der Waals surface area contributed by atoms with Crippen molar-refractivity contribution in [2.24, 2.45) is 0 Å². The summed E-state index contributed by atoms with van der Waals surface area (Å²) < 4.78 is 58.3. The zero-order valence-corrected chi connectivity index (χ0v) is 7.94. The van der Waals surface area contributed by atoms with Crippen molar-refractivity contribution in [2.75, 3.05) is 20.5 Å². The smallest absolute Gasteiger partial charge is 0.125 e. The summed E-state index contributed by atoms with van der Waals surface area (Å²) in [6, 6.07) is 4.13. The maximum absolute atomic E-state index is 13.2. The van der Waals surface area contributed by atoms with Crippen molar-refractivity contribution in [2.45, 2.75) is 6.54 Å². The van der Waals surface area contributed by atoms with Crippen LogP contribution in [0.1, 0.15) is 8.22 Å². The molecule has 0 saturated carbocycles. The number of halogens is 1. The van der Waals surface area contributed by atoms with E-state index in [0.29, 0.717) is 15.8 Å². The summed E-state index contributed by atoms with van der Waals surface area (Å²) in [4.78, 5) is 0.451. The molecule has 1 aromatic carbocycles. The lowest BCUT2D eigenvalue weighted by molar-refractivity contribution is 0.377. The number of rotatable bonds is 3. The largest absolute Gasteiger partial charge is 0.308 e. The molecule has 1 heterocycles. The first-order chi connectivity index (χ1) is 9.59. The van der Waals surface area contributed by atoms with Crippen LogP contribution in [0.25, 0.3) is 10.9 Å². The molecular weight excluding hydrogens is 193 g/mol. The number of hydrogen-bond acceptors (Lipinski definition) is 2. The highest BCUT2D eigenvalue weighted by Crippen LogP contribution is 2.14. The van der Waals surface area contributed by atoms with Crippen LogP contribution < -0.4 is 0 Å². The quantitative estimate of drug-likeness (QED) is 0.774. The van der Waals surface area contributed by atoms with Gasteiger partial charge in [0, 0.05) is 20.2 Å². The Morgan fingerprint density at radius 2 is 2.40 bits per heavy atom. The first-order valence-corrected chi connectivity index (χ1v) is 4.48. The highest BCUT2D eigenvalue weighted by Gasteiger charge is 2.03. The normalized spacial score (nSPS) is 19.1. The number of hydrogen-bond donors (Lipinski definition) is 0. The SMILES string of the molecule is [2H]C([2H])([2H])N(CCn1ncc2ccc(F)cc21)C([2H])([2H])[2H]. The van der Waals surface area contributed by atoms with Crippen LogP contribution in [0.3, 0.4) is 0 Å². The van der Waals surface area contributed by atoms with Crippen molar-refractivity contribution in [1.82, 2.24) is 14.7 Å². The Bertz CT molecular complexity index is 619. The minimum atomic E-state index is -2.74. The first-order valence-electron chi connectivity index (χ1n) is 7.48. The van der Waals surface area contributed by atoms with E-state index in [2.05, 4.69) is 5.10 Å². The van der Waals surface area contributed by atoms with E-state index in [1.165, 1.54) is 23.0 Å². The topological polar surface area (TPSA) is 21.1 Å². The molecule has 0 aliphatic rings. The molecule has 0 aliphatic carbocycles. The summed E-state index contributed by atoms with van der Waals surface area (Å²) in [5.41, 5.74) is 0.492. The molecule has 2 rings (SSSR count). The average Bonchev–Trinajstić information content (AvgIpc) is 2.68. The third kappa shape index (κ3) is 2.15. The third-order valence-electron chi connectivity index (χ3n) is 2.14. The molecule has 2 aromatic rings. The van der Waals surface area contributed by atoms with Crippen LogP contribution in [0.15, 0.2) is 24.4 Å². The minimum Gasteiger partial charge on any atom is -0.308 e. The molecule has 0 radical (unpaired) electrons. The highest BCUT2D eigenvalue weighted by molar-refractivity contribution is 5.78. The fourth-order valence-electron chi connectivity index (χ4n) is 1.42. The molecule has 0 fully saturated rings. The number of benzene rings is 1. The Hall–Kier alpha value is -1.42. The summed E-state index contributed by atoms with van der Waals surface area (Å²) in [7, 11) is 0. The van der Waals surface area contributed by atoms with E-state index in [9.17, 15) is 4.39 Å². The zero-order valence-electron chi connectivity index (χ0n) is 13.9. The zero-order chi connectivity index (χ0) is 15.8. The van der Waals surface area contributed by atoms with Crippen LogP contribution in [0.4, 0.5) is 4.39 Å². The van der Waals surface area contributed by atoms with Gasteiger partial charge in [0.15, 0.2) is 0 Å². The van der Waals surface area contributed by atoms with E-state index in [0.717, 1.165) is 0 Å². The summed E-state index contributed by atoms with van der Waals surface area (Å²) in [6.45, 7) is -5.69. The van der Waals surface area contributed by atoms with Crippen LogP contribution in [-0.4, -0.2) is 35.2 Å². The number of likely N-dealkylation sites (N-methyl/N-ethyl adjacent to an activating group) is 1. The van der Waals surface area contributed by atoms with Crippen molar-refractivity contribution in [3.8, 4) is 0 Å². The molecule has 0 N–H and O–H groups in total. The van der Waals surface area contributed by atoms with Crippen LogP contribution in [-0.2, 0) is 6.54 Å². The fourth-order valence-corrected chi connectivity index (χ4v) is 1.42. The average molecular weight is 213 g/mol. The fraction of sp³-hybridized carbons (Fsp3) is 0.364. The summed E-state index contributed by atoms with van der Waals surface area (Å²) in [5.74, 6) is -0.437. The lowest BCUT2D eigenvalue weighted by Gasteiger charge is -2.09. The van der Waals surface area contributed by atoms with Crippen molar-refractivity contribution < 1.29 is 12.6 Å². The van der Waals surface area contributed by atoms with Gasteiger partial charge in [0.05, 0.1) is 18.3 Å². The lowest BCUT2D eigenvalue weighted by atomic mass is 10.2. The maximum atomic E-state index is 13.2. The molecule has 0 amide bonds. The maximum Gasteiger partial charge on any atom is 0.125 e. The van der Waals surface area contributed by atoms with Gasteiger partial charge >= 0.3 is 0 Å². The van der Waals surface area contributed by atoms with Gasteiger partial charge < -0.3 is 4.90 Å². The standard InChI is InChI=1S/C11H14FN3/c1-14(2)5-6-15-11-7-10(12)4-3-9(11)8-13-15/h3-4,7-8H,5-6H2,1-2H3/i1D3,2D3. The van der Waals surface area contributed by atoms with Gasteiger partial charge in [-0.25, -0.2) is 4.39 Å². The summed E-state index contributed by atoms with van der Waals surface area (Å²) in [5, 5.41) is 4.73. The minimum absolute atomic E-state index is 0.0315. The van der Waals surface area contributed by atoms with Gasteiger partial charge in [-0.15, -0.1) is 0 Å². The van der Waals surface area contributed by atoms with Crippen LogP contribution >= 0.6 is 0 Å². The van der Waals surface area contributed by atoms with Crippen molar-refractivity contribution in [3.63, 3.8) is 0 Å². The number of aromatic nitrogens is 2. The molecule has 80 valence electrons. The molecule has 0 spiro atoms. The van der Waals surface area contributed by atoms with Crippen molar-refractivity contribution in [1.29, 1.82) is 0 Å². The Morgan fingerprint density at radius 1 is 1.53 bits per heavy atom. The van der Waals surface area contributed by atoms with E-state index in [-0.39, 0.29) is 13.1 Å². The van der Waals surface area contributed by atoms with E-state index >= 15 is 0 Å². The van der Waals surface area contributed by atoms with E-state index in [4.69, 9.17) is 8.22 Å². The summed E-state index contributed by atoms with van der Waals surface area (Å²) in [6.07, 6.45) is 1.52. The predicted octanol–water partition coefficient (Wildman–Crippen LogP) is 1.74. The molecular formula is C11H14FN3. The van der Waals surface area contributed by atoms with Gasteiger partial charge in [0.25, 0.3) is 0 Å². The molecule has 0 atom stereocenters. The van der Waals surface area contributed by atoms with Gasteiger partial charge in [-0.1, -0.05) is 0 Å². The second-order valence-electron chi connectivity index (χ2n) is 3.22. The van der Waals surface area contributed by atoms with Crippen LogP contribution in [0.5, 0.6) is 0 Å². The van der Waals surface area contributed by atoms with E-state index < -0.39 is 19.8 Å².